The van der Waals surface area contributed by atoms with Gasteiger partial charge in [0, 0.05) is 43.6 Å². The van der Waals surface area contributed by atoms with Gasteiger partial charge in [-0.25, -0.2) is 4.98 Å². The molecule has 0 radical (unpaired) electrons. The lowest BCUT2D eigenvalue weighted by Crippen LogP contribution is -2.30. The molecular formula is C21H24N4O4. The summed E-state index contributed by atoms with van der Waals surface area (Å²) in [7, 11) is 1.54. The topological polar surface area (TPSA) is 93.7 Å². The fourth-order valence-electron chi connectivity index (χ4n) is 3.65. The predicted molar refractivity (Wildman–Crippen MR) is 104 cm³/mol. The van der Waals surface area contributed by atoms with Crippen LogP contribution < -0.4 is 10.1 Å². The molecule has 1 saturated heterocycles. The second-order valence-electron chi connectivity index (χ2n) is 7.23. The number of ether oxygens (including phenoxy) is 2. The van der Waals surface area contributed by atoms with Crippen LogP contribution in [0.3, 0.4) is 0 Å². The summed E-state index contributed by atoms with van der Waals surface area (Å²) in [6, 6.07) is 7.55. The summed E-state index contributed by atoms with van der Waals surface area (Å²) in [6.07, 6.45) is 3.17. The molecule has 1 N–H and O–H groups in total. The summed E-state index contributed by atoms with van der Waals surface area (Å²) in [5.41, 5.74) is 2.91. The molecule has 0 unspecified atom stereocenters. The van der Waals surface area contributed by atoms with E-state index in [1.54, 1.807) is 24.3 Å². The number of fused-ring (bicyclic) bond motifs is 1. The van der Waals surface area contributed by atoms with Crippen molar-refractivity contribution in [2.24, 2.45) is 5.92 Å². The van der Waals surface area contributed by atoms with Gasteiger partial charge in [0.25, 0.3) is 5.91 Å². The molecule has 0 aliphatic carbocycles. The lowest BCUT2D eigenvalue weighted by atomic mass is 10.1. The van der Waals surface area contributed by atoms with Crippen LogP contribution in [-0.4, -0.2) is 53.6 Å². The van der Waals surface area contributed by atoms with Crippen LogP contribution in [0.5, 0.6) is 5.88 Å². The molecule has 0 bridgehead atoms. The van der Waals surface area contributed by atoms with Gasteiger partial charge in [-0.1, -0.05) is 6.07 Å². The highest BCUT2D eigenvalue weighted by Gasteiger charge is 2.30. The average molecular weight is 396 g/mol. The standard InChI is InChI=1S/C21H24N4O4/c1-28-20-15(11-23-19(26)14-6-9-29-13-14)10-17-18(24-20)12-25(21(17)27)8-5-16-4-2-3-7-22-16/h2-4,7,10,14H,5-6,8-9,11-13H2,1H3,(H,23,26)/t14-/m1/s1. The number of nitrogens with one attached hydrogen (secondary N) is 1. The third-order valence-electron chi connectivity index (χ3n) is 5.31. The molecule has 1 fully saturated rings. The van der Waals surface area contributed by atoms with Crippen molar-refractivity contribution >= 4 is 11.8 Å². The lowest BCUT2D eigenvalue weighted by molar-refractivity contribution is -0.125. The molecule has 1 atom stereocenters. The van der Waals surface area contributed by atoms with Crippen LogP contribution in [0.15, 0.2) is 30.5 Å². The fraction of sp³-hybridized carbons (Fsp3) is 0.429. The van der Waals surface area contributed by atoms with E-state index in [-0.39, 0.29) is 24.3 Å². The summed E-state index contributed by atoms with van der Waals surface area (Å²) in [4.78, 5) is 35.7. The van der Waals surface area contributed by atoms with Gasteiger partial charge in [0.05, 0.1) is 37.4 Å². The largest absolute Gasteiger partial charge is 0.481 e. The van der Waals surface area contributed by atoms with Gasteiger partial charge < -0.3 is 19.7 Å². The third-order valence-corrected chi connectivity index (χ3v) is 5.31. The minimum absolute atomic E-state index is 0.0478. The van der Waals surface area contributed by atoms with Crippen LogP contribution in [0, 0.1) is 5.92 Å². The summed E-state index contributed by atoms with van der Waals surface area (Å²) in [5, 5.41) is 2.91. The molecule has 2 aromatic rings. The van der Waals surface area contributed by atoms with Crippen LogP contribution in [0.1, 0.15) is 33.7 Å². The number of nitrogens with zero attached hydrogens (tertiary/aromatic N) is 3. The predicted octanol–water partition coefficient (Wildman–Crippen LogP) is 1.34. The molecule has 152 valence electrons. The number of methoxy groups -OCH3 is 1. The molecule has 8 heteroatoms. The number of hydrogen-bond donors (Lipinski definition) is 1. The Morgan fingerprint density at radius 2 is 2.31 bits per heavy atom. The molecule has 2 aliphatic rings. The molecule has 0 saturated carbocycles. The van der Waals surface area contributed by atoms with Crippen LogP contribution >= 0.6 is 0 Å². The van der Waals surface area contributed by atoms with E-state index < -0.39 is 0 Å². The first kappa shape index (κ1) is 19.3. The highest BCUT2D eigenvalue weighted by Crippen LogP contribution is 2.27. The molecule has 2 aromatic heterocycles. The second kappa shape index (κ2) is 8.57. The number of rotatable bonds is 7. The molecular weight excluding hydrogens is 372 g/mol. The molecule has 0 aromatic carbocycles. The van der Waals surface area contributed by atoms with Crippen molar-refractivity contribution in [1.82, 2.24) is 20.2 Å². The van der Waals surface area contributed by atoms with Crippen molar-refractivity contribution in [1.29, 1.82) is 0 Å². The Kier molecular flexibility index (Phi) is 5.71. The van der Waals surface area contributed by atoms with Crippen molar-refractivity contribution in [2.75, 3.05) is 26.9 Å². The Morgan fingerprint density at radius 1 is 1.41 bits per heavy atom. The quantitative estimate of drug-likeness (QED) is 0.759. The summed E-state index contributed by atoms with van der Waals surface area (Å²) in [6.45, 7) is 2.35. The maximum atomic E-state index is 12.8. The van der Waals surface area contributed by atoms with Crippen LogP contribution in [0.2, 0.25) is 0 Å². The first-order chi connectivity index (χ1) is 14.2. The van der Waals surface area contributed by atoms with Gasteiger partial charge in [0.2, 0.25) is 11.8 Å². The minimum atomic E-state index is -0.118. The van der Waals surface area contributed by atoms with E-state index in [1.807, 2.05) is 18.2 Å². The Bertz CT molecular complexity index is 897. The van der Waals surface area contributed by atoms with Crippen LogP contribution in [0.4, 0.5) is 0 Å². The monoisotopic (exact) mass is 396 g/mol. The lowest BCUT2D eigenvalue weighted by Gasteiger charge is -2.14. The number of carbonyl (C=O) groups excluding carboxylic acids is 2. The zero-order valence-electron chi connectivity index (χ0n) is 16.4. The highest BCUT2D eigenvalue weighted by atomic mass is 16.5. The van der Waals surface area contributed by atoms with Gasteiger partial charge >= 0.3 is 0 Å². The number of aromatic nitrogens is 2. The van der Waals surface area contributed by atoms with Crippen molar-refractivity contribution in [3.8, 4) is 5.88 Å². The zero-order valence-corrected chi connectivity index (χ0v) is 16.4. The van der Waals surface area contributed by atoms with E-state index in [0.29, 0.717) is 55.4 Å². The molecule has 29 heavy (non-hydrogen) atoms. The summed E-state index contributed by atoms with van der Waals surface area (Å²) < 4.78 is 10.7. The maximum absolute atomic E-state index is 12.8. The molecule has 4 rings (SSSR count). The first-order valence-electron chi connectivity index (χ1n) is 9.77. The van der Waals surface area contributed by atoms with Crippen LogP contribution in [-0.2, 0) is 29.0 Å². The van der Waals surface area contributed by atoms with Gasteiger partial charge in [-0.2, -0.15) is 0 Å². The number of carbonyl (C=O) groups is 2. The smallest absolute Gasteiger partial charge is 0.256 e. The summed E-state index contributed by atoms with van der Waals surface area (Å²) in [5.74, 6) is 0.217. The Morgan fingerprint density at radius 3 is 3.03 bits per heavy atom. The van der Waals surface area contributed by atoms with Crippen LogP contribution in [0.25, 0.3) is 0 Å². The highest BCUT2D eigenvalue weighted by molar-refractivity contribution is 5.98. The van der Waals surface area contributed by atoms with Gasteiger partial charge in [-0.15, -0.1) is 0 Å². The Labute approximate surface area is 169 Å². The average Bonchev–Trinajstić information content (AvgIpc) is 3.39. The van der Waals surface area contributed by atoms with Crippen molar-refractivity contribution in [3.05, 3.63) is 53.0 Å². The van der Waals surface area contributed by atoms with E-state index >= 15 is 0 Å². The number of hydrogen-bond acceptors (Lipinski definition) is 6. The van der Waals surface area contributed by atoms with Crippen molar-refractivity contribution < 1.29 is 19.1 Å². The molecule has 4 heterocycles. The van der Waals surface area contributed by atoms with Crippen molar-refractivity contribution in [2.45, 2.75) is 25.9 Å². The molecule has 2 amide bonds. The third kappa shape index (κ3) is 4.22. The van der Waals surface area contributed by atoms with E-state index in [4.69, 9.17) is 9.47 Å². The van der Waals surface area contributed by atoms with Gasteiger partial charge in [0.15, 0.2) is 0 Å². The number of amides is 2. The molecule has 8 nitrogen and oxygen atoms in total. The van der Waals surface area contributed by atoms with Gasteiger partial charge in [0.1, 0.15) is 0 Å². The molecule has 0 spiro atoms. The van der Waals surface area contributed by atoms with Gasteiger partial charge in [-0.05, 0) is 24.6 Å². The van der Waals surface area contributed by atoms with E-state index in [9.17, 15) is 9.59 Å². The summed E-state index contributed by atoms with van der Waals surface area (Å²) >= 11 is 0. The fourth-order valence-corrected chi connectivity index (χ4v) is 3.65. The Balaban J connectivity index is 1.43. The number of pyridine rings is 2. The second-order valence-corrected chi connectivity index (χ2v) is 7.23. The Hall–Kier alpha value is -3.00. The molecule has 2 aliphatic heterocycles. The minimum Gasteiger partial charge on any atom is -0.481 e. The van der Waals surface area contributed by atoms with E-state index in [1.165, 1.54) is 0 Å². The van der Waals surface area contributed by atoms with Crippen molar-refractivity contribution in [3.63, 3.8) is 0 Å². The van der Waals surface area contributed by atoms with Gasteiger partial charge in [-0.3, -0.25) is 14.6 Å². The first-order valence-corrected chi connectivity index (χ1v) is 9.77. The van der Waals surface area contributed by atoms with E-state index in [0.717, 1.165) is 12.1 Å². The zero-order chi connectivity index (χ0) is 20.2. The SMILES string of the molecule is COc1nc2c(cc1CNC(=O)[C@@H]1CCOC1)C(=O)N(CCc1ccccn1)C2. The van der Waals surface area contributed by atoms with E-state index in [2.05, 4.69) is 15.3 Å². The maximum Gasteiger partial charge on any atom is 0.256 e. The normalized spacial score (nSPS) is 18.0.